The maximum absolute atomic E-state index is 6.92. The van der Waals surface area contributed by atoms with Gasteiger partial charge in [-0.15, -0.1) is 0 Å². The zero-order valence-corrected chi connectivity index (χ0v) is 42.9. The van der Waals surface area contributed by atoms with Crippen LogP contribution in [0.4, 0.5) is 0 Å². The van der Waals surface area contributed by atoms with Crippen LogP contribution in [0.1, 0.15) is 0 Å². The van der Waals surface area contributed by atoms with Gasteiger partial charge >= 0.3 is 0 Å². The fourth-order valence-electron chi connectivity index (χ4n) is 13.7. The number of fused-ring (bicyclic) bond motifs is 13. The smallest absolute Gasteiger partial charge is 0.136 e. The second-order valence-electron chi connectivity index (χ2n) is 21.0. The molecule has 0 fully saturated rings. The van der Waals surface area contributed by atoms with Gasteiger partial charge in [0.25, 0.3) is 0 Å². The van der Waals surface area contributed by atoms with Crippen molar-refractivity contribution in [2.24, 2.45) is 0 Å². The van der Waals surface area contributed by atoms with Gasteiger partial charge in [0.2, 0.25) is 0 Å². The Morgan fingerprint density at radius 1 is 0.215 bits per heavy atom. The standard InChI is InChI=1S/C76H46N2O/c1-3-21-49(22-4-1)77-67-39-17-15-25-51(67)62-35-19-37-64(75(62)77)73-58-31-11-7-27-54(58)71(55-28-8-12-32-59(55)73)47-42-44-69-66(45-47)53-43-41-48(46-70(53)79-69)72-56-29-9-13-33-60(56)74(61-34-14-10-30-57(61)72)65-38-20-36-63-52-26-16-18-40-68(52)78(76(63)65)50-23-5-2-6-24-50/h1-46H. The molecule has 3 nitrogen and oxygen atoms in total. The third-order valence-electron chi connectivity index (χ3n) is 16.9. The van der Waals surface area contributed by atoms with Gasteiger partial charge in [0, 0.05) is 54.8 Å². The average molecular weight is 1000 g/mol. The number of para-hydroxylation sites is 6. The van der Waals surface area contributed by atoms with Gasteiger partial charge in [-0.2, -0.15) is 0 Å². The van der Waals surface area contributed by atoms with Gasteiger partial charge in [-0.3, -0.25) is 0 Å². The van der Waals surface area contributed by atoms with Crippen LogP contribution in [-0.4, -0.2) is 9.13 Å². The zero-order valence-electron chi connectivity index (χ0n) is 42.9. The van der Waals surface area contributed by atoms with Gasteiger partial charge in [-0.1, -0.05) is 218 Å². The number of rotatable bonds is 6. The lowest BCUT2D eigenvalue weighted by Crippen LogP contribution is -1.96. The van der Waals surface area contributed by atoms with Crippen molar-refractivity contribution in [3.05, 3.63) is 279 Å². The fraction of sp³-hybridized carbons (Fsp3) is 0. The van der Waals surface area contributed by atoms with Crippen molar-refractivity contribution in [1.29, 1.82) is 0 Å². The molecule has 3 heterocycles. The minimum Gasteiger partial charge on any atom is -0.456 e. The van der Waals surface area contributed by atoms with E-state index >= 15 is 0 Å². The summed E-state index contributed by atoms with van der Waals surface area (Å²) in [5.74, 6) is 0. The van der Waals surface area contributed by atoms with Crippen molar-refractivity contribution in [2.75, 3.05) is 0 Å². The summed E-state index contributed by atoms with van der Waals surface area (Å²) in [7, 11) is 0. The fourth-order valence-corrected chi connectivity index (χ4v) is 13.7. The van der Waals surface area contributed by atoms with Crippen molar-refractivity contribution < 1.29 is 4.42 Å². The maximum atomic E-state index is 6.92. The Labute approximate surface area is 454 Å². The molecule has 0 saturated heterocycles. The first-order valence-electron chi connectivity index (χ1n) is 27.2. The van der Waals surface area contributed by atoms with Gasteiger partial charge in [0.05, 0.1) is 22.1 Å². The largest absolute Gasteiger partial charge is 0.456 e. The number of hydrogen-bond acceptors (Lipinski definition) is 1. The molecule has 0 atom stereocenters. The molecule has 17 rings (SSSR count). The quantitative estimate of drug-likeness (QED) is 0.152. The molecule has 0 amide bonds. The van der Waals surface area contributed by atoms with Crippen molar-refractivity contribution in [2.45, 2.75) is 0 Å². The first-order chi connectivity index (χ1) is 39.2. The number of nitrogens with zero attached hydrogens (tertiary/aromatic N) is 2. The molecule has 0 bridgehead atoms. The topological polar surface area (TPSA) is 23.0 Å². The van der Waals surface area contributed by atoms with Gasteiger partial charge in [-0.05, 0) is 137 Å². The Morgan fingerprint density at radius 3 is 1.01 bits per heavy atom. The van der Waals surface area contributed by atoms with Crippen LogP contribution in [0.25, 0.3) is 165 Å². The Balaban J connectivity index is 0.850. The van der Waals surface area contributed by atoms with Crippen LogP contribution in [-0.2, 0) is 0 Å². The first kappa shape index (κ1) is 43.7. The lowest BCUT2D eigenvalue weighted by molar-refractivity contribution is 0.669. The van der Waals surface area contributed by atoms with Crippen LogP contribution in [0.3, 0.4) is 0 Å². The third-order valence-corrected chi connectivity index (χ3v) is 16.9. The molecule has 3 aromatic heterocycles. The molecule has 0 spiro atoms. The predicted molar refractivity (Wildman–Crippen MR) is 334 cm³/mol. The summed E-state index contributed by atoms with van der Waals surface area (Å²) < 4.78 is 11.8. The normalized spacial score (nSPS) is 12.1. The van der Waals surface area contributed by atoms with E-state index in [1.807, 2.05) is 0 Å². The Bertz CT molecular complexity index is 5250. The molecule has 0 unspecified atom stereocenters. The minimum atomic E-state index is 0.867. The Morgan fingerprint density at radius 2 is 0.570 bits per heavy atom. The van der Waals surface area contributed by atoms with Crippen molar-refractivity contribution in [3.63, 3.8) is 0 Å². The predicted octanol–water partition coefficient (Wildman–Crippen LogP) is 21.1. The second-order valence-corrected chi connectivity index (χ2v) is 21.0. The number of furan rings is 1. The summed E-state index contributed by atoms with van der Waals surface area (Å²) in [6, 6.07) is 102. The summed E-state index contributed by atoms with van der Waals surface area (Å²) >= 11 is 0. The van der Waals surface area contributed by atoms with E-state index in [2.05, 4.69) is 288 Å². The summed E-state index contributed by atoms with van der Waals surface area (Å²) in [5, 5.41) is 16.9. The SMILES string of the molecule is c1ccc(-n2c3ccccc3c3cccc(-c4c5ccccc5c(-c5ccc6c(c5)oc5ccc(-c7c8ccccc8c(-c8cccc9c%10ccccc%10n(-c%10ccccc%10)c89)c8ccccc78)cc56)c5ccccc45)c32)cc1. The van der Waals surface area contributed by atoms with E-state index in [0.717, 1.165) is 44.4 Å². The molecule has 0 radical (unpaired) electrons. The molecule has 17 aromatic rings. The molecule has 0 aliphatic heterocycles. The number of aromatic nitrogens is 2. The van der Waals surface area contributed by atoms with Crippen LogP contribution in [0.5, 0.6) is 0 Å². The van der Waals surface area contributed by atoms with Crippen LogP contribution in [0.15, 0.2) is 283 Å². The van der Waals surface area contributed by atoms with Crippen LogP contribution in [0, 0.1) is 0 Å². The monoisotopic (exact) mass is 1000 g/mol. The summed E-state index contributed by atoms with van der Waals surface area (Å²) in [6.45, 7) is 0. The molecular formula is C76H46N2O. The lowest BCUT2D eigenvalue weighted by Gasteiger charge is -2.19. The second kappa shape index (κ2) is 17.0. The van der Waals surface area contributed by atoms with Crippen molar-refractivity contribution >= 4 is 109 Å². The van der Waals surface area contributed by atoms with E-state index < -0.39 is 0 Å². The first-order valence-corrected chi connectivity index (χ1v) is 27.2. The molecule has 0 saturated carbocycles. The average Bonchev–Trinajstić information content (AvgIpc) is 4.37. The zero-order chi connectivity index (χ0) is 51.7. The van der Waals surface area contributed by atoms with E-state index in [1.165, 1.54) is 120 Å². The van der Waals surface area contributed by atoms with E-state index in [0.29, 0.717) is 0 Å². The van der Waals surface area contributed by atoms with Gasteiger partial charge < -0.3 is 13.6 Å². The van der Waals surface area contributed by atoms with Crippen LogP contribution in [0.2, 0.25) is 0 Å². The molecule has 0 N–H and O–H groups in total. The molecule has 0 aliphatic rings. The number of hydrogen-bond donors (Lipinski definition) is 0. The lowest BCUT2D eigenvalue weighted by atomic mass is 9.85. The summed E-state index contributed by atoms with van der Waals surface area (Å²) in [5.41, 5.74) is 18.4. The molecule has 79 heavy (non-hydrogen) atoms. The highest BCUT2D eigenvalue weighted by Gasteiger charge is 2.25. The molecule has 0 aliphatic carbocycles. The van der Waals surface area contributed by atoms with Gasteiger partial charge in [0.1, 0.15) is 11.2 Å². The highest BCUT2D eigenvalue weighted by atomic mass is 16.3. The van der Waals surface area contributed by atoms with Gasteiger partial charge in [0.15, 0.2) is 0 Å². The highest BCUT2D eigenvalue weighted by Crippen LogP contribution is 2.50. The van der Waals surface area contributed by atoms with E-state index in [-0.39, 0.29) is 0 Å². The molecule has 366 valence electrons. The molecular weight excluding hydrogens is 957 g/mol. The van der Waals surface area contributed by atoms with Crippen molar-refractivity contribution in [3.8, 4) is 55.9 Å². The van der Waals surface area contributed by atoms with E-state index in [1.54, 1.807) is 0 Å². The minimum absolute atomic E-state index is 0.867. The molecule has 14 aromatic carbocycles. The maximum Gasteiger partial charge on any atom is 0.136 e. The molecule has 3 heteroatoms. The van der Waals surface area contributed by atoms with E-state index in [9.17, 15) is 0 Å². The summed E-state index contributed by atoms with van der Waals surface area (Å²) in [4.78, 5) is 0. The van der Waals surface area contributed by atoms with Crippen molar-refractivity contribution in [1.82, 2.24) is 9.13 Å². The van der Waals surface area contributed by atoms with Gasteiger partial charge in [-0.25, -0.2) is 0 Å². The Hall–Kier alpha value is -10.5. The van der Waals surface area contributed by atoms with Crippen LogP contribution >= 0.6 is 0 Å². The number of benzene rings is 14. The summed E-state index contributed by atoms with van der Waals surface area (Å²) in [6.07, 6.45) is 0. The Kier molecular flexibility index (Phi) is 9.42. The van der Waals surface area contributed by atoms with E-state index in [4.69, 9.17) is 4.42 Å². The highest BCUT2D eigenvalue weighted by molar-refractivity contribution is 6.28. The van der Waals surface area contributed by atoms with Crippen LogP contribution < -0.4 is 0 Å². The third kappa shape index (κ3) is 6.36.